The third-order valence-corrected chi connectivity index (χ3v) is 3.10. The topological polar surface area (TPSA) is 29.3 Å². The molecule has 0 amide bonds. The van der Waals surface area contributed by atoms with E-state index in [1.165, 1.54) is 0 Å². The number of nitrogens with zero attached hydrogens (tertiary/aromatic N) is 1. The number of nitrogens with two attached hydrogens (primary N) is 1. The van der Waals surface area contributed by atoms with Crippen molar-refractivity contribution in [3.63, 3.8) is 0 Å². The quantitative estimate of drug-likeness (QED) is 0.841. The Kier molecular flexibility index (Phi) is 2.85. The van der Waals surface area contributed by atoms with Crippen LogP contribution in [0.5, 0.6) is 0 Å². The number of hydrogen-bond acceptors (Lipinski definition) is 2. The lowest BCUT2D eigenvalue weighted by molar-refractivity contribution is 0.330. The number of hydrogen-bond donors (Lipinski definition) is 1. The highest BCUT2D eigenvalue weighted by molar-refractivity contribution is 6.30. The van der Waals surface area contributed by atoms with Gasteiger partial charge in [0.1, 0.15) is 6.67 Å². The minimum absolute atomic E-state index is 0.461. The van der Waals surface area contributed by atoms with Crippen LogP contribution in [-0.4, -0.2) is 25.3 Å². The second-order valence-corrected chi connectivity index (χ2v) is 4.58. The molecule has 0 bridgehead atoms. The molecule has 4 heteroatoms. The fraction of sp³-hybridized carbons (Fsp3) is 0.455. The number of rotatable bonds is 2. The molecule has 0 radical (unpaired) electrons. The van der Waals surface area contributed by atoms with Crippen LogP contribution in [0.3, 0.4) is 0 Å². The van der Waals surface area contributed by atoms with Gasteiger partial charge in [-0.2, -0.15) is 0 Å². The Morgan fingerprint density at radius 3 is 2.60 bits per heavy atom. The lowest BCUT2D eigenvalue weighted by Gasteiger charge is -2.22. The second-order valence-electron chi connectivity index (χ2n) is 4.14. The number of halogens is 2. The fourth-order valence-corrected chi connectivity index (χ4v) is 2.00. The summed E-state index contributed by atoms with van der Waals surface area (Å²) in [5, 5.41) is 0.711. The van der Waals surface area contributed by atoms with E-state index in [4.69, 9.17) is 17.3 Å². The normalized spacial score (nSPS) is 25.9. The molecule has 1 aliphatic heterocycles. The van der Waals surface area contributed by atoms with Crippen LogP contribution in [0, 0.1) is 0 Å². The van der Waals surface area contributed by atoms with Crippen molar-refractivity contribution >= 4 is 17.3 Å². The van der Waals surface area contributed by atoms with Gasteiger partial charge in [-0.15, -0.1) is 0 Å². The molecule has 0 spiro atoms. The summed E-state index contributed by atoms with van der Waals surface area (Å²) in [4.78, 5) is 2.09. The molecule has 2 N–H and O–H groups in total. The summed E-state index contributed by atoms with van der Waals surface area (Å²) in [5.74, 6) is 0. The average molecular weight is 229 g/mol. The maximum atomic E-state index is 12.7. The van der Waals surface area contributed by atoms with Gasteiger partial charge in [0.25, 0.3) is 0 Å². The maximum Gasteiger partial charge on any atom is 0.109 e. The van der Waals surface area contributed by atoms with E-state index >= 15 is 0 Å². The smallest absolute Gasteiger partial charge is 0.109 e. The van der Waals surface area contributed by atoms with Crippen LogP contribution < -0.4 is 10.6 Å². The van der Waals surface area contributed by atoms with E-state index in [-0.39, 0.29) is 0 Å². The highest BCUT2D eigenvalue weighted by Crippen LogP contribution is 2.26. The summed E-state index contributed by atoms with van der Waals surface area (Å²) in [5.41, 5.74) is 6.26. The fourth-order valence-electron chi connectivity index (χ4n) is 1.88. The molecular weight excluding hydrogens is 215 g/mol. The molecule has 82 valence electrons. The van der Waals surface area contributed by atoms with Gasteiger partial charge in [0.15, 0.2) is 0 Å². The Balaban J connectivity index is 2.11. The molecule has 1 aliphatic rings. The van der Waals surface area contributed by atoms with Gasteiger partial charge in [-0.05, 0) is 30.7 Å². The summed E-state index contributed by atoms with van der Waals surface area (Å²) in [6.45, 7) is 0.921. The highest BCUT2D eigenvalue weighted by atomic mass is 35.5. The van der Waals surface area contributed by atoms with Gasteiger partial charge in [-0.1, -0.05) is 11.6 Å². The zero-order valence-corrected chi connectivity index (χ0v) is 9.17. The molecule has 2 nitrogen and oxygen atoms in total. The van der Waals surface area contributed by atoms with E-state index in [1.54, 1.807) is 0 Å². The summed E-state index contributed by atoms with van der Waals surface area (Å²) in [6, 6.07) is 7.55. The molecule has 0 saturated carbocycles. The van der Waals surface area contributed by atoms with Crippen molar-refractivity contribution in [1.29, 1.82) is 0 Å². The molecular formula is C11H14ClFN2. The van der Waals surface area contributed by atoms with Crippen LogP contribution in [0.1, 0.15) is 6.42 Å². The lowest BCUT2D eigenvalue weighted by Crippen LogP contribution is -2.44. The van der Waals surface area contributed by atoms with Gasteiger partial charge in [0, 0.05) is 23.8 Å². The first-order chi connectivity index (χ1) is 7.13. The zero-order chi connectivity index (χ0) is 10.9. The minimum Gasteiger partial charge on any atom is -0.370 e. The lowest BCUT2D eigenvalue weighted by atomic mass is 10.0. The van der Waals surface area contributed by atoms with Crippen LogP contribution in [0.4, 0.5) is 10.1 Å². The standard InChI is InChI=1S/C11H14ClFN2/c12-9-1-3-10(4-2-9)15-6-5-11(14,7-13)8-15/h1-4H,5-8,14H2. The van der Waals surface area contributed by atoms with Crippen molar-refractivity contribution in [3.05, 3.63) is 29.3 Å². The maximum absolute atomic E-state index is 12.7. The predicted octanol–water partition coefficient (Wildman–Crippen LogP) is 2.22. The average Bonchev–Trinajstić information content (AvgIpc) is 2.63. The molecule has 1 unspecified atom stereocenters. The first kappa shape index (κ1) is 10.7. The Morgan fingerprint density at radius 1 is 1.40 bits per heavy atom. The molecule has 0 aliphatic carbocycles. The van der Waals surface area contributed by atoms with Gasteiger partial charge >= 0.3 is 0 Å². The van der Waals surface area contributed by atoms with Crippen molar-refractivity contribution in [1.82, 2.24) is 0 Å². The van der Waals surface area contributed by atoms with E-state index < -0.39 is 12.2 Å². The van der Waals surface area contributed by atoms with Gasteiger partial charge in [-0.25, -0.2) is 4.39 Å². The molecule has 1 aromatic rings. The monoisotopic (exact) mass is 228 g/mol. The first-order valence-electron chi connectivity index (χ1n) is 4.98. The predicted molar refractivity (Wildman–Crippen MR) is 61.2 cm³/mol. The summed E-state index contributed by atoms with van der Waals surface area (Å²) in [7, 11) is 0. The molecule has 0 aromatic heterocycles. The first-order valence-corrected chi connectivity index (χ1v) is 5.36. The van der Waals surface area contributed by atoms with Crippen LogP contribution in [0.25, 0.3) is 0 Å². The molecule has 2 rings (SSSR count). The number of anilines is 1. The van der Waals surface area contributed by atoms with Gasteiger partial charge in [0.2, 0.25) is 0 Å². The second kappa shape index (κ2) is 3.99. The summed E-state index contributed by atoms with van der Waals surface area (Å²) < 4.78 is 12.7. The molecule has 15 heavy (non-hydrogen) atoms. The molecule has 1 fully saturated rings. The minimum atomic E-state index is -0.667. The van der Waals surface area contributed by atoms with Crippen molar-refractivity contribution < 1.29 is 4.39 Å². The van der Waals surface area contributed by atoms with Crippen molar-refractivity contribution in [2.75, 3.05) is 24.7 Å². The van der Waals surface area contributed by atoms with Crippen LogP contribution in [-0.2, 0) is 0 Å². The van der Waals surface area contributed by atoms with E-state index in [0.717, 1.165) is 12.2 Å². The van der Waals surface area contributed by atoms with Crippen molar-refractivity contribution in [3.8, 4) is 0 Å². The van der Waals surface area contributed by atoms with Gasteiger partial charge in [0.05, 0.1) is 5.54 Å². The van der Waals surface area contributed by atoms with E-state index in [9.17, 15) is 4.39 Å². The molecule has 1 atom stereocenters. The van der Waals surface area contributed by atoms with E-state index in [0.29, 0.717) is 18.0 Å². The third kappa shape index (κ3) is 2.24. The van der Waals surface area contributed by atoms with Gasteiger partial charge < -0.3 is 10.6 Å². The van der Waals surface area contributed by atoms with Crippen molar-refractivity contribution in [2.24, 2.45) is 5.73 Å². The number of alkyl halides is 1. The largest absolute Gasteiger partial charge is 0.370 e. The summed E-state index contributed by atoms with van der Waals surface area (Å²) in [6.07, 6.45) is 0.701. The number of benzene rings is 1. The zero-order valence-electron chi connectivity index (χ0n) is 8.42. The van der Waals surface area contributed by atoms with E-state index in [1.807, 2.05) is 24.3 Å². The van der Waals surface area contributed by atoms with E-state index in [2.05, 4.69) is 4.90 Å². The van der Waals surface area contributed by atoms with Crippen LogP contribution in [0.2, 0.25) is 5.02 Å². The SMILES string of the molecule is NC1(CF)CCN(c2ccc(Cl)cc2)C1. The highest BCUT2D eigenvalue weighted by Gasteiger charge is 2.34. The van der Waals surface area contributed by atoms with Crippen LogP contribution >= 0.6 is 11.6 Å². The van der Waals surface area contributed by atoms with Gasteiger partial charge in [-0.3, -0.25) is 0 Å². The third-order valence-electron chi connectivity index (χ3n) is 2.84. The Bertz CT molecular complexity index is 341. The molecule has 1 aromatic carbocycles. The molecule has 1 heterocycles. The Labute approximate surface area is 93.8 Å². The molecule has 1 saturated heterocycles. The summed E-state index contributed by atoms with van der Waals surface area (Å²) >= 11 is 5.80. The Morgan fingerprint density at radius 2 is 2.07 bits per heavy atom. The Hall–Kier alpha value is -0.800. The van der Waals surface area contributed by atoms with Crippen LogP contribution in [0.15, 0.2) is 24.3 Å². The van der Waals surface area contributed by atoms with Crippen molar-refractivity contribution in [2.45, 2.75) is 12.0 Å².